The summed E-state index contributed by atoms with van der Waals surface area (Å²) in [6, 6.07) is 0. The van der Waals surface area contributed by atoms with Crippen LogP contribution >= 0.6 is 7.60 Å². The fraction of sp³-hybridized carbons (Fsp3) is 0.714. The number of hydrogen-bond donors (Lipinski definition) is 2. The Hall–Kier alpha value is -2.49. The van der Waals surface area contributed by atoms with Gasteiger partial charge < -0.3 is 28.7 Å². The van der Waals surface area contributed by atoms with Gasteiger partial charge in [-0.1, -0.05) is 66.2 Å². The molecule has 0 aliphatic heterocycles. The summed E-state index contributed by atoms with van der Waals surface area (Å²) in [6.45, 7) is 7.71. The van der Waals surface area contributed by atoms with Crippen molar-refractivity contribution in [3.63, 3.8) is 0 Å². The highest BCUT2D eigenvalue weighted by atomic mass is 31.2. The fourth-order valence-electron chi connectivity index (χ4n) is 3.55. The van der Waals surface area contributed by atoms with E-state index in [1.54, 1.807) is 0 Å². The van der Waals surface area contributed by atoms with Gasteiger partial charge in [0.15, 0.2) is 0 Å². The molecule has 0 bridgehead atoms. The molecule has 12 heteroatoms. The van der Waals surface area contributed by atoms with Gasteiger partial charge in [0.05, 0.1) is 32.6 Å². The summed E-state index contributed by atoms with van der Waals surface area (Å²) in [5.41, 5.74) is 0. The molecule has 0 rings (SSSR count). The van der Waals surface area contributed by atoms with Crippen molar-refractivity contribution in [3.8, 4) is 0 Å². The van der Waals surface area contributed by atoms with Crippen LogP contribution in [0.25, 0.3) is 0 Å². The molecular weight excluding hydrogens is 543 g/mol. The summed E-state index contributed by atoms with van der Waals surface area (Å²) in [5, 5.41) is 0. The highest BCUT2D eigenvalue weighted by molar-refractivity contribution is 7.51. The van der Waals surface area contributed by atoms with E-state index in [0.29, 0.717) is 0 Å². The summed E-state index contributed by atoms with van der Waals surface area (Å²) in [5.74, 6) is -3.81. The number of carbonyl (C=O) groups excluding carboxylic acids is 4. The number of esters is 4. The van der Waals surface area contributed by atoms with E-state index in [2.05, 4.69) is 13.8 Å². The van der Waals surface area contributed by atoms with Crippen molar-refractivity contribution in [1.82, 2.24) is 0 Å². The molecule has 0 aliphatic rings. The van der Waals surface area contributed by atoms with E-state index < -0.39 is 56.8 Å². The standard InChI is InChI=1S/C28H47O11P/c1-5-9-11-22(7-3)17-36-25(29)13-15-27(31)38-19-24(21-40(33,34)35)20-39-28(32)16-14-26(30)37-18-23(8-4)12-10-6-2/h13-16,22-24H,5-12,17-21H2,1-4H3,(H2,33,34,35)/b15-13+,16-14+. The topological polar surface area (TPSA) is 163 Å². The average molecular weight is 591 g/mol. The van der Waals surface area contributed by atoms with Crippen molar-refractivity contribution in [2.75, 3.05) is 32.6 Å². The van der Waals surface area contributed by atoms with Crippen molar-refractivity contribution in [2.24, 2.45) is 17.8 Å². The van der Waals surface area contributed by atoms with Crippen LogP contribution in [-0.4, -0.2) is 66.3 Å². The Bertz CT molecular complexity index is 804. The molecule has 0 amide bonds. The predicted octanol–water partition coefficient (Wildman–Crippen LogP) is 4.50. The van der Waals surface area contributed by atoms with Crippen molar-refractivity contribution in [2.45, 2.75) is 79.1 Å². The smallest absolute Gasteiger partial charge is 0.331 e. The molecule has 0 saturated carbocycles. The third-order valence-corrected chi connectivity index (χ3v) is 7.13. The summed E-state index contributed by atoms with van der Waals surface area (Å²) < 4.78 is 31.7. The first kappa shape index (κ1) is 37.5. The maximum absolute atomic E-state index is 12.0. The Kier molecular flexibility index (Phi) is 20.8. The second-order valence-electron chi connectivity index (χ2n) is 9.73. The van der Waals surface area contributed by atoms with Crippen LogP contribution in [-0.2, 0) is 42.7 Å². The van der Waals surface area contributed by atoms with Gasteiger partial charge in [0.1, 0.15) is 0 Å². The molecule has 0 aromatic rings. The lowest BCUT2D eigenvalue weighted by molar-refractivity contribution is -0.144. The number of unbranched alkanes of at least 4 members (excludes halogenated alkanes) is 2. The molecule has 230 valence electrons. The van der Waals surface area contributed by atoms with Crippen molar-refractivity contribution in [3.05, 3.63) is 24.3 Å². The minimum Gasteiger partial charge on any atom is -0.462 e. The first-order valence-electron chi connectivity index (χ1n) is 14.0. The van der Waals surface area contributed by atoms with Crippen LogP contribution in [0.15, 0.2) is 24.3 Å². The quantitative estimate of drug-likeness (QED) is 0.0790. The minimum absolute atomic E-state index is 0.241. The first-order chi connectivity index (χ1) is 18.9. The van der Waals surface area contributed by atoms with Crippen LogP contribution < -0.4 is 0 Å². The first-order valence-corrected chi connectivity index (χ1v) is 15.8. The lowest BCUT2D eigenvalue weighted by Crippen LogP contribution is -2.23. The Morgan fingerprint density at radius 1 is 0.600 bits per heavy atom. The molecule has 40 heavy (non-hydrogen) atoms. The molecule has 0 heterocycles. The van der Waals surface area contributed by atoms with Gasteiger partial charge in [-0.15, -0.1) is 0 Å². The van der Waals surface area contributed by atoms with Gasteiger partial charge in [-0.05, 0) is 24.7 Å². The third kappa shape index (κ3) is 21.3. The molecule has 0 spiro atoms. The van der Waals surface area contributed by atoms with Crippen LogP contribution in [0.5, 0.6) is 0 Å². The van der Waals surface area contributed by atoms with Crippen molar-refractivity contribution >= 4 is 31.5 Å². The molecule has 0 aromatic heterocycles. The monoisotopic (exact) mass is 590 g/mol. The van der Waals surface area contributed by atoms with Gasteiger partial charge in [-0.25, -0.2) is 19.2 Å². The largest absolute Gasteiger partial charge is 0.462 e. The lowest BCUT2D eigenvalue weighted by Gasteiger charge is -2.17. The molecule has 0 aliphatic carbocycles. The Morgan fingerprint density at radius 2 is 0.900 bits per heavy atom. The molecule has 0 radical (unpaired) electrons. The summed E-state index contributed by atoms with van der Waals surface area (Å²) in [6.07, 6.45) is 10.6. The molecule has 0 aromatic carbocycles. The van der Waals surface area contributed by atoms with E-state index in [4.69, 9.17) is 18.9 Å². The second-order valence-corrected chi connectivity index (χ2v) is 11.4. The highest BCUT2D eigenvalue weighted by Crippen LogP contribution is 2.37. The second kappa shape index (κ2) is 22.2. The Balaban J connectivity index is 4.69. The maximum Gasteiger partial charge on any atom is 0.331 e. The van der Waals surface area contributed by atoms with E-state index in [0.717, 1.165) is 75.7 Å². The summed E-state index contributed by atoms with van der Waals surface area (Å²) in [7, 11) is -4.53. The van der Waals surface area contributed by atoms with Crippen LogP contribution in [0.1, 0.15) is 79.1 Å². The predicted molar refractivity (Wildman–Crippen MR) is 149 cm³/mol. The molecule has 0 saturated heterocycles. The van der Waals surface area contributed by atoms with E-state index in [9.17, 15) is 33.5 Å². The number of hydrogen-bond acceptors (Lipinski definition) is 9. The van der Waals surface area contributed by atoms with Gasteiger partial charge in [0.2, 0.25) is 0 Å². The maximum atomic E-state index is 12.0. The minimum atomic E-state index is -4.53. The molecule has 0 fully saturated rings. The van der Waals surface area contributed by atoms with Gasteiger partial charge in [0, 0.05) is 30.2 Å². The normalized spacial score (nSPS) is 14.1. The van der Waals surface area contributed by atoms with Crippen LogP contribution in [0.4, 0.5) is 0 Å². The highest BCUT2D eigenvalue weighted by Gasteiger charge is 2.24. The van der Waals surface area contributed by atoms with E-state index in [1.165, 1.54) is 0 Å². The van der Waals surface area contributed by atoms with Gasteiger partial charge in [0.25, 0.3) is 0 Å². The average Bonchev–Trinajstić information content (AvgIpc) is 2.91. The van der Waals surface area contributed by atoms with E-state index >= 15 is 0 Å². The lowest BCUT2D eigenvalue weighted by atomic mass is 10.0. The summed E-state index contributed by atoms with van der Waals surface area (Å²) >= 11 is 0. The zero-order valence-corrected chi connectivity index (χ0v) is 25.1. The molecule has 11 nitrogen and oxygen atoms in total. The van der Waals surface area contributed by atoms with Gasteiger partial charge >= 0.3 is 31.5 Å². The number of carbonyl (C=O) groups is 4. The van der Waals surface area contributed by atoms with Crippen molar-refractivity contribution < 1.29 is 52.5 Å². The zero-order chi connectivity index (χ0) is 30.4. The third-order valence-electron chi connectivity index (χ3n) is 6.14. The Labute approximate surface area is 237 Å². The molecular formula is C28H47O11P. The Morgan fingerprint density at radius 3 is 1.15 bits per heavy atom. The van der Waals surface area contributed by atoms with Crippen molar-refractivity contribution in [1.29, 1.82) is 0 Å². The number of ether oxygens (including phenoxy) is 4. The van der Waals surface area contributed by atoms with E-state index in [1.807, 2.05) is 13.8 Å². The molecule has 2 atom stereocenters. The fourth-order valence-corrected chi connectivity index (χ4v) is 4.43. The van der Waals surface area contributed by atoms with Gasteiger partial charge in [-0.3, -0.25) is 4.57 Å². The van der Waals surface area contributed by atoms with E-state index in [-0.39, 0.29) is 25.0 Å². The van der Waals surface area contributed by atoms with Crippen LogP contribution in [0.3, 0.4) is 0 Å². The molecule has 2 N–H and O–H groups in total. The van der Waals surface area contributed by atoms with Crippen LogP contribution in [0, 0.1) is 17.8 Å². The van der Waals surface area contributed by atoms with Crippen LogP contribution in [0.2, 0.25) is 0 Å². The number of rotatable bonds is 22. The van der Waals surface area contributed by atoms with Gasteiger partial charge in [-0.2, -0.15) is 0 Å². The summed E-state index contributed by atoms with van der Waals surface area (Å²) in [4.78, 5) is 66.3. The zero-order valence-electron chi connectivity index (χ0n) is 24.2. The SMILES string of the molecule is CCCCC(CC)COC(=O)/C=C/C(=O)OCC(COC(=O)/C=C/C(=O)OCC(CC)CCCC)CP(=O)(O)O. The molecule has 2 unspecified atom stereocenters.